The maximum Gasteiger partial charge on any atom is 0.238 e. The van der Waals surface area contributed by atoms with Gasteiger partial charge >= 0.3 is 0 Å². The van der Waals surface area contributed by atoms with Gasteiger partial charge in [-0.15, -0.1) is 0 Å². The van der Waals surface area contributed by atoms with Gasteiger partial charge in [0, 0.05) is 5.39 Å². The summed E-state index contributed by atoms with van der Waals surface area (Å²) in [6.07, 6.45) is 0. The molecule has 1 aliphatic rings. The summed E-state index contributed by atoms with van der Waals surface area (Å²) in [5.74, 6) is 1.47. The average molecular weight is 279 g/mol. The van der Waals surface area contributed by atoms with Gasteiger partial charge < -0.3 is 8.94 Å². The van der Waals surface area contributed by atoms with E-state index >= 15 is 0 Å². The molecule has 5 heteroatoms. The van der Waals surface area contributed by atoms with E-state index in [0.29, 0.717) is 17.5 Å². The molecule has 0 saturated heterocycles. The number of aromatic nitrogens is 2. The quantitative estimate of drug-likeness (QED) is 0.714. The first-order valence-corrected chi connectivity index (χ1v) is 6.83. The van der Waals surface area contributed by atoms with Gasteiger partial charge in [-0.05, 0) is 17.5 Å². The molecule has 0 amide bonds. The van der Waals surface area contributed by atoms with Crippen LogP contribution in [0.4, 0.5) is 0 Å². The Labute approximate surface area is 121 Å². The molecule has 0 N–H and O–H groups in total. The second-order valence-electron chi connectivity index (χ2n) is 6.01. The molecule has 0 radical (unpaired) electrons. The van der Waals surface area contributed by atoms with Gasteiger partial charge in [-0.25, -0.2) is 0 Å². The molecular weight excluding hydrogens is 266 g/mol. The number of hydrogen-bond donors (Lipinski definition) is 0. The molecule has 1 saturated carbocycles. The fourth-order valence-corrected chi connectivity index (χ4v) is 2.89. The van der Waals surface area contributed by atoms with E-state index in [1.807, 2.05) is 44.2 Å². The van der Waals surface area contributed by atoms with Crippen molar-refractivity contribution in [2.24, 2.45) is 11.3 Å². The van der Waals surface area contributed by atoms with Crippen molar-refractivity contribution in [2.75, 3.05) is 0 Å². The Kier molecular flexibility index (Phi) is 2.29. The molecule has 2 unspecified atom stereocenters. The summed E-state index contributed by atoms with van der Waals surface area (Å²) < 4.78 is 11.1. The zero-order valence-corrected chi connectivity index (χ0v) is 11.7. The molecule has 1 fully saturated rings. The third-order valence-electron chi connectivity index (χ3n) is 4.32. The number of hydrogen-bond acceptors (Lipinski definition) is 5. The van der Waals surface area contributed by atoms with Crippen molar-refractivity contribution in [3.8, 4) is 17.7 Å². The van der Waals surface area contributed by atoms with Crippen molar-refractivity contribution in [2.45, 2.75) is 19.8 Å². The Morgan fingerprint density at radius 2 is 2.10 bits per heavy atom. The topological polar surface area (TPSA) is 75.8 Å². The molecule has 5 nitrogen and oxygen atoms in total. The summed E-state index contributed by atoms with van der Waals surface area (Å²) in [6, 6.07) is 11.9. The van der Waals surface area contributed by atoms with Crippen LogP contribution in [0.2, 0.25) is 0 Å². The lowest BCUT2D eigenvalue weighted by Crippen LogP contribution is -1.90. The standard InChI is InChI=1S/C16H13N3O2/c1-16(2)10(8-17)13(16)15-18-14(19-21-15)12-7-9-5-3-4-6-11(9)20-12/h3-7,10,13H,1-2H3. The number of para-hydroxylation sites is 1. The van der Waals surface area contributed by atoms with Crippen LogP contribution in [0.1, 0.15) is 25.7 Å². The molecule has 0 aliphatic heterocycles. The summed E-state index contributed by atoms with van der Waals surface area (Å²) in [5.41, 5.74) is 0.687. The van der Waals surface area contributed by atoms with E-state index in [2.05, 4.69) is 16.2 Å². The third-order valence-corrected chi connectivity index (χ3v) is 4.32. The number of fused-ring (bicyclic) bond motifs is 1. The van der Waals surface area contributed by atoms with Gasteiger partial charge in [0.25, 0.3) is 0 Å². The van der Waals surface area contributed by atoms with E-state index in [1.165, 1.54) is 0 Å². The van der Waals surface area contributed by atoms with Crippen molar-refractivity contribution in [1.29, 1.82) is 5.26 Å². The van der Waals surface area contributed by atoms with Crippen molar-refractivity contribution < 1.29 is 8.94 Å². The number of furan rings is 1. The predicted molar refractivity (Wildman–Crippen MR) is 75.1 cm³/mol. The van der Waals surface area contributed by atoms with Crippen molar-refractivity contribution in [1.82, 2.24) is 10.1 Å². The Bertz CT molecular complexity index is 836. The smallest absolute Gasteiger partial charge is 0.238 e. The summed E-state index contributed by atoms with van der Waals surface area (Å²) in [5, 5.41) is 14.1. The number of benzene rings is 1. The second kappa shape index (κ2) is 3.95. The molecule has 2 atom stereocenters. The first-order valence-electron chi connectivity index (χ1n) is 6.83. The predicted octanol–water partition coefficient (Wildman–Crippen LogP) is 3.75. The highest BCUT2D eigenvalue weighted by molar-refractivity contribution is 5.81. The number of nitrogens with zero attached hydrogens (tertiary/aromatic N) is 3. The molecule has 104 valence electrons. The molecule has 0 bridgehead atoms. The molecule has 4 rings (SSSR count). The van der Waals surface area contributed by atoms with Crippen molar-refractivity contribution in [3.63, 3.8) is 0 Å². The first-order chi connectivity index (χ1) is 10.1. The monoisotopic (exact) mass is 279 g/mol. The van der Waals surface area contributed by atoms with Crippen molar-refractivity contribution >= 4 is 11.0 Å². The Hall–Kier alpha value is -2.61. The molecule has 2 heterocycles. The maximum absolute atomic E-state index is 9.13. The first kappa shape index (κ1) is 12.2. The number of nitriles is 1. The van der Waals surface area contributed by atoms with Crippen LogP contribution in [0.5, 0.6) is 0 Å². The van der Waals surface area contributed by atoms with Gasteiger partial charge in [0.1, 0.15) is 5.58 Å². The van der Waals surface area contributed by atoms with Crippen LogP contribution in [-0.4, -0.2) is 10.1 Å². The number of rotatable bonds is 2. The lowest BCUT2D eigenvalue weighted by Gasteiger charge is -1.95. The Balaban J connectivity index is 1.71. The Morgan fingerprint density at radius 3 is 2.81 bits per heavy atom. The van der Waals surface area contributed by atoms with E-state index in [1.54, 1.807) is 0 Å². The van der Waals surface area contributed by atoms with E-state index in [9.17, 15) is 0 Å². The third kappa shape index (κ3) is 1.69. The minimum Gasteiger partial charge on any atom is -0.453 e. The lowest BCUT2D eigenvalue weighted by molar-refractivity contribution is 0.367. The zero-order chi connectivity index (χ0) is 14.6. The van der Waals surface area contributed by atoms with Crippen LogP contribution in [0.15, 0.2) is 39.3 Å². The van der Waals surface area contributed by atoms with Gasteiger partial charge in [-0.3, -0.25) is 0 Å². The normalized spacial score (nSPS) is 23.1. The summed E-state index contributed by atoms with van der Waals surface area (Å²) in [6.45, 7) is 4.08. The summed E-state index contributed by atoms with van der Waals surface area (Å²) in [4.78, 5) is 4.41. The minimum atomic E-state index is -0.105. The molecule has 1 aromatic carbocycles. The van der Waals surface area contributed by atoms with Gasteiger partial charge in [-0.2, -0.15) is 10.2 Å². The highest BCUT2D eigenvalue weighted by Crippen LogP contribution is 2.63. The molecular formula is C16H13N3O2. The lowest BCUT2D eigenvalue weighted by atomic mass is 10.1. The molecule has 2 aromatic heterocycles. The van der Waals surface area contributed by atoms with Gasteiger partial charge in [0.2, 0.25) is 11.7 Å². The summed E-state index contributed by atoms with van der Waals surface area (Å²) in [7, 11) is 0. The van der Waals surface area contributed by atoms with Crippen LogP contribution in [0.25, 0.3) is 22.6 Å². The zero-order valence-electron chi connectivity index (χ0n) is 11.7. The molecule has 0 spiro atoms. The summed E-state index contributed by atoms with van der Waals surface area (Å²) >= 11 is 0. The van der Waals surface area contributed by atoms with Crippen LogP contribution >= 0.6 is 0 Å². The average Bonchev–Trinajstić information content (AvgIpc) is 2.90. The molecule has 3 aromatic rings. The Morgan fingerprint density at radius 1 is 1.29 bits per heavy atom. The van der Waals surface area contributed by atoms with Crippen LogP contribution < -0.4 is 0 Å². The minimum absolute atomic E-state index is 0.00753. The van der Waals surface area contributed by atoms with Crippen molar-refractivity contribution in [3.05, 3.63) is 36.2 Å². The van der Waals surface area contributed by atoms with Gasteiger partial charge in [-0.1, -0.05) is 37.2 Å². The fraction of sp³-hybridized carbons (Fsp3) is 0.312. The molecule has 21 heavy (non-hydrogen) atoms. The fourth-order valence-electron chi connectivity index (χ4n) is 2.89. The SMILES string of the molecule is CC1(C)C(C#N)C1c1nc(-c2cc3ccccc3o2)no1. The highest BCUT2D eigenvalue weighted by Gasteiger charge is 2.62. The van der Waals surface area contributed by atoms with E-state index in [4.69, 9.17) is 14.2 Å². The van der Waals surface area contributed by atoms with E-state index in [0.717, 1.165) is 11.0 Å². The van der Waals surface area contributed by atoms with Gasteiger partial charge in [0.15, 0.2) is 5.76 Å². The van der Waals surface area contributed by atoms with Crippen LogP contribution in [-0.2, 0) is 0 Å². The van der Waals surface area contributed by atoms with Crippen LogP contribution in [0.3, 0.4) is 0 Å². The molecule has 1 aliphatic carbocycles. The van der Waals surface area contributed by atoms with E-state index < -0.39 is 0 Å². The maximum atomic E-state index is 9.13. The largest absolute Gasteiger partial charge is 0.453 e. The highest BCUT2D eigenvalue weighted by atomic mass is 16.5. The van der Waals surface area contributed by atoms with E-state index in [-0.39, 0.29) is 17.3 Å². The van der Waals surface area contributed by atoms with Gasteiger partial charge in [0.05, 0.1) is 17.9 Å². The second-order valence-corrected chi connectivity index (χ2v) is 6.01. The van der Waals surface area contributed by atoms with Crippen LogP contribution in [0, 0.1) is 22.7 Å².